The third-order valence-corrected chi connectivity index (χ3v) is 5.41. The van der Waals surface area contributed by atoms with Crippen LogP contribution in [0.1, 0.15) is 32.1 Å². The summed E-state index contributed by atoms with van der Waals surface area (Å²) in [4.78, 5) is 13.7. The second kappa shape index (κ2) is 7.26. The van der Waals surface area contributed by atoms with Crippen LogP contribution < -0.4 is 5.32 Å². The zero-order valence-electron chi connectivity index (χ0n) is 12.7. The molecule has 0 spiro atoms. The molecule has 0 aromatic heterocycles. The standard InChI is InChI=1S/C14H25N3O3S/c1-21(19,20)17-11-9-16(10-12-17)14(18)15-8-7-13-5-3-2-4-6-13/h5H,2-4,6-12H2,1H3,(H,15,18). The van der Waals surface area contributed by atoms with Crippen LogP contribution in [-0.2, 0) is 10.0 Å². The van der Waals surface area contributed by atoms with Gasteiger partial charge in [0.25, 0.3) is 0 Å². The number of sulfonamides is 1. The molecule has 0 aromatic rings. The van der Waals surface area contributed by atoms with Crippen LogP contribution in [0.3, 0.4) is 0 Å². The molecule has 2 amide bonds. The number of hydrogen-bond acceptors (Lipinski definition) is 3. The van der Waals surface area contributed by atoms with Gasteiger partial charge >= 0.3 is 6.03 Å². The number of urea groups is 1. The van der Waals surface area contributed by atoms with Gasteiger partial charge in [0.15, 0.2) is 0 Å². The van der Waals surface area contributed by atoms with Crippen LogP contribution in [0.15, 0.2) is 11.6 Å². The SMILES string of the molecule is CS(=O)(=O)N1CCN(C(=O)NCCC2=CCCCC2)CC1. The number of carbonyl (C=O) groups excluding carboxylic acids is 1. The van der Waals surface area contributed by atoms with Gasteiger partial charge in [0.05, 0.1) is 6.26 Å². The molecule has 0 unspecified atom stereocenters. The van der Waals surface area contributed by atoms with Crippen LogP contribution in [0, 0.1) is 0 Å². The smallest absolute Gasteiger partial charge is 0.317 e. The number of rotatable bonds is 4. The Morgan fingerprint density at radius 2 is 1.95 bits per heavy atom. The molecule has 0 saturated carbocycles. The van der Waals surface area contributed by atoms with Gasteiger partial charge in [-0.2, -0.15) is 4.31 Å². The molecule has 0 aromatic carbocycles. The molecule has 21 heavy (non-hydrogen) atoms. The Kier molecular flexibility index (Phi) is 5.64. The van der Waals surface area contributed by atoms with Crippen LogP contribution in [0.5, 0.6) is 0 Å². The maximum atomic E-state index is 12.0. The normalized spacial score (nSPS) is 21.0. The van der Waals surface area contributed by atoms with E-state index in [1.165, 1.54) is 29.0 Å². The molecule has 1 aliphatic carbocycles. The summed E-state index contributed by atoms with van der Waals surface area (Å²) in [6.07, 6.45) is 9.28. The maximum absolute atomic E-state index is 12.0. The molecule has 0 bridgehead atoms. The van der Waals surface area contributed by atoms with Crippen LogP contribution >= 0.6 is 0 Å². The first-order valence-electron chi connectivity index (χ1n) is 7.62. The van der Waals surface area contributed by atoms with Gasteiger partial charge in [-0.05, 0) is 32.1 Å². The van der Waals surface area contributed by atoms with Crippen LogP contribution in [-0.4, -0.2) is 62.6 Å². The summed E-state index contributed by atoms with van der Waals surface area (Å²) >= 11 is 0. The lowest BCUT2D eigenvalue weighted by atomic mass is 9.97. The van der Waals surface area contributed by atoms with E-state index >= 15 is 0 Å². The molecule has 0 radical (unpaired) electrons. The van der Waals surface area contributed by atoms with Crippen LogP contribution in [0.2, 0.25) is 0 Å². The van der Waals surface area contributed by atoms with Crippen molar-refractivity contribution in [3.8, 4) is 0 Å². The van der Waals surface area contributed by atoms with Gasteiger partial charge in [-0.1, -0.05) is 11.6 Å². The number of carbonyl (C=O) groups is 1. The first-order valence-corrected chi connectivity index (χ1v) is 9.47. The summed E-state index contributed by atoms with van der Waals surface area (Å²) in [7, 11) is -3.14. The molecule has 120 valence electrons. The van der Waals surface area contributed by atoms with Gasteiger partial charge in [0.1, 0.15) is 0 Å². The maximum Gasteiger partial charge on any atom is 0.317 e. The fourth-order valence-corrected chi connectivity index (χ4v) is 3.62. The third-order valence-electron chi connectivity index (χ3n) is 4.10. The van der Waals surface area contributed by atoms with Gasteiger partial charge in [0.2, 0.25) is 10.0 Å². The lowest BCUT2D eigenvalue weighted by Crippen LogP contribution is -2.53. The summed E-state index contributed by atoms with van der Waals surface area (Å²) in [5.41, 5.74) is 1.45. The van der Waals surface area contributed by atoms with Gasteiger partial charge in [-0.15, -0.1) is 0 Å². The van der Waals surface area contributed by atoms with Crippen molar-refractivity contribution in [2.75, 3.05) is 39.0 Å². The molecule has 7 heteroatoms. The zero-order chi connectivity index (χ0) is 15.3. The van der Waals surface area contributed by atoms with Gasteiger partial charge < -0.3 is 10.2 Å². The van der Waals surface area contributed by atoms with Gasteiger partial charge in [0, 0.05) is 32.7 Å². The van der Waals surface area contributed by atoms with Crippen molar-refractivity contribution in [2.24, 2.45) is 0 Å². The van der Waals surface area contributed by atoms with E-state index in [4.69, 9.17) is 0 Å². The highest BCUT2D eigenvalue weighted by atomic mass is 32.2. The monoisotopic (exact) mass is 315 g/mol. The van der Waals surface area contributed by atoms with E-state index in [9.17, 15) is 13.2 Å². The van der Waals surface area contributed by atoms with Crippen LogP contribution in [0.4, 0.5) is 4.79 Å². The summed E-state index contributed by atoms with van der Waals surface area (Å²) in [5.74, 6) is 0. The first kappa shape index (κ1) is 16.3. The van der Waals surface area contributed by atoms with Crippen molar-refractivity contribution < 1.29 is 13.2 Å². The van der Waals surface area contributed by atoms with E-state index in [1.54, 1.807) is 4.90 Å². The minimum Gasteiger partial charge on any atom is -0.338 e. The largest absolute Gasteiger partial charge is 0.338 e. The Labute approximate surface area is 127 Å². The molecule has 2 rings (SSSR count). The number of hydrogen-bond donors (Lipinski definition) is 1. The Morgan fingerprint density at radius 3 is 2.52 bits per heavy atom. The van der Waals surface area contributed by atoms with E-state index in [2.05, 4.69) is 11.4 Å². The molecular formula is C14H25N3O3S. The minimum atomic E-state index is -3.14. The van der Waals surface area contributed by atoms with E-state index in [1.807, 2.05) is 0 Å². The van der Waals surface area contributed by atoms with E-state index in [0.717, 1.165) is 19.3 Å². The Bertz CT molecular complexity index is 494. The molecular weight excluding hydrogens is 290 g/mol. The summed E-state index contributed by atoms with van der Waals surface area (Å²) in [6, 6.07) is -0.0837. The van der Waals surface area contributed by atoms with E-state index < -0.39 is 10.0 Å². The predicted molar refractivity (Wildman–Crippen MR) is 82.6 cm³/mol. The number of nitrogens with zero attached hydrogens (tertiary/aromatic N) is 2. The highest BCUT2D eigenvalue weighted by Crippen LogP contribution is 2.19. The molecule has 1 saturated heterocycles. The fraction of sp³-hybridized carbons (Fsp3) is 0.786. The van der Waals surface area contributed by atoms with Crippen molar-refractivity contribution in [1.82, 2.24) is 14.5 Å². The van der Waals surface area contributed by atoms with Crippen molar-refractivity contribution in [2.45, 2.75) is 32.1 Å². The Morgan fingerprint density at radius 1 is 1.24 bits per heavy atom. The Balaban J connectivity index is 1.69. The van der Waals surface area contributed by atoms with Crippen LogP contribution in [0.25, 0.3) is 0 Å². The number of allylic oxidation sites excluding steroid dienone is 1. The number of piperazine rings is 1. The van der Waals surface area contributed by atoms with Crippen molar-refractivity contribution >= 4 is 16.1 Å². The second-order valence-electron chi connectivity index (χ2n) is 5.74. The number of nitrogens with one attached hydrogen (secondary N) is 1. The molecule has 1 aliphatic heterocycles. The number of amides is 2. The van der Waals surface area contributed by atoms with Gasteiger partial charge in [-0.3, -0.25) is 0 Å². The molecule has 0 atom stereocenters. The molecule has 2 aliphatic rings. The summed E-state index contributed by atoms with van der Waals surface area (Å²) in [6.45, 7) is 2.36. The quantitative estimate of drug-likeness (QED) is 0.792. The van der Waals surface area contributed by atoms with Crippen molar-refractivity contribution in [3.63, 3.8) is 0 Å². The van der Waals surface area contributed by atoms with Crippen molar-refractivity contribution in [3.05, 3.63) is 11.6 Å². The summed E-state index contributed by atoms with van der Waals surface area (Å²) < 4.78 is 24.2. The molecule has 1 N–H and O–H groups in total. The van der Waals surface area contributed by atoms with E-state index in [0.29, 0.717) is 32.7 Å². The Hall–Kier alpha value is -1.08. The van der Waals surface area contributed by atoms with Gasteiger partial charge in [-0.25, -0.2) is 13.2 Å². The summed E-state index contributed by atoms with van der Waals surface area (Å²) in [5, 5.41) is 2.93. The molecule has 1 fully saturated rings. The average Bonchev–Trinajstić information content (AvgIpc) is 2.47. The lowest BCUT2D eigenvalue weighted by Gasteiger charge is -2.33. The van der Waals surface area contributed by atoms with Crippen molar-refractivity contribution in [1.29, 1.82) is 0 Å². The zero-order valence-corrected chi connectivity index (χ0v) is 13.5. The highest BCUT2D eigenvalue weighted by Gasteiger charge is 2.25. The third kappa shape index (κ3) is 5.00. The molecule has 6 nitrogen and oxygen atoms in total. The predicted octanol–water partition coefficient (Wildman–Crippen LogP) is 1.16. The topological polar surface area (TPSA) is 69.7 Å². The minimum absolute atomic E-state index is 0.0837. The first-order chi connectivity index (χ1) is 9.97. The lowest BCUT2D eigenvalue weighted by molar-refractivity contribution is 0.172. The second-order valence-corrected chi connectivity index (χ2v) is 7.72. The fourth-order valence-electron chi connectivity index (χ4n) is 2.80. The molecule has 1 heterocycles. The van der Waals surface area contributed by atoms with E-state index in [-0.39, 0.29) is 6.03 Å². The highest BCUT2D eigenvalue weighted by molar-refractivity contribution is 7.88. The average molecular weight is 315 g/mol.